The number of hydrogen-bond acceptors (Lipinski definition) is 2. The fourth-order valence-electron chi connectivity index (χ4n) is 1.56. The maximum absolute atomic E-state index is 10.8. The summed E-state index contributed by atoms with van der Waals surface area (Å²) in [5.41, 5.74) is 0.747. The second-order valence-corrected chi connectivity index (χ2v) is 5.87. The van der Waals surface area contributed by atoms with Gasteiger partial charge in [-0.15, -0.1) is 0 Å². The van der Waals surface area contributed by atoms with Crippen LogP contribution in [0.2, 0.25) is 10.0 Å². The van der Waals surface area contributed by atoms with Gasteiger partial charge in [-0.2, -0.15) is 0 Å². The van der Waals surface area contributed by atoms with Crippen molar-refractivity contribution in [2.75, 3.05) is 0 Å². The van der Waals surface area contributed by atoms with Crippen molar-refractivity contribution >= 4 is 40.9 Å². The summed E-state index contributed by atoms with van der Waals surface area (Å²) in [6.45, 7) is 0. The molecule has 0 fully saturated rings. The fourth-order valence-corrected chi connectivity index (χ4v) is 2.91. The minimum atomic E-state index is -0.861. The van der Waals surface area contributed by atoms with E-state index in [1.54, 1.807) is 30.3 Å². The van der Waals surface area contributed by atoms with Gasteiger partial charge < -0.3 is 5.11 Å². The SMILES string of the molecule is O=C(O)Cc1ccc(Cl)cc1Sc1ccc(Cl)cc1. The van der Waals surface area contributed by atoms with Crippen LogP contribution in [0.4, 0.5) is 0 Å². The van der Waals surface area contributed by atoms with Gasteiger partial charge in [0.05, 0.1) is 6.42 Å². The van der Waals surface area contributed by atoms with E-state index in [1.165, 1.54) is 11.8 Å². The summed E-state index contributed by atoms with van der Waals surface area (Å²) < 4.78 is 0. The highest BCUT2D eigenvalue weighted by atomic mass is 35.5. The zero-order valence-corrected chi connectivity index (χ0v) is 12.1. The lowest BCUT2D eigenvalue weighted by atomic mass is 10.1. The highest BCUT2D eigenvalue weighted by Gasteiger charge is 2.09. The Morgan fingerprint density at radius 1 is 1.05 bits per heavy atom. The molecule has 2 nitrogen and oxygen atoms in total. The van der Waals surface area contributed by atoms with Crippen LogP contribution in [0.5, 0.6) is 0 Å². The molecular formula is C14H10Cl2O2S. The molecule has 0 radical (unpaired) electrons. The molecule has 0 bridgehead atoms. The van der Waals surface area contributed by atoms with Crippen molar-refractivity contribution in [2.24, 2.45) is 0 Å². The first-order valence-electron chi connectivity index (χ1n) is 5.48. The van der Waals surface area contributed by atoms with Gasteiger partial charge in [0.1, 0.15) is 0 Å². The van der Waals surface area contributed by atoms with E-state index in [0.717, 1.165) is 15.4 Å². The molecule has 0 aliphatic rings. The molecule has 0 aliphatic heterocycles. The Balaban J connectivity index is 2.29. The number of hydrogen-bond donors (Lipinski definition) is 1. The molecule has 0 aliphatic carbocycles. The second kappa shape index (κ2) is 6.33. The molecule has 0 spiro atoms. The van der Waals surface area contributed by atoms with Gasteiger partial charge in [-0.1, -0.05) is 41.0 Å². The number of carboxylic acids is 1. The normalized spacial score (nSPS) is 10.4. The fraction of sp³-hybridized carbons (Fsp3) is 0.0714. The number of carboxylic acid groups (broad SMARTS) is 1. The third-order valence-corrected chi connectivity index (χ3v) is 4.01. The Labute approximate surface area is 125 Å². The Morgan fingerprint density at radius 3 is 2.32 bits per heavy atom. The van der Waals surface area contributed by atoms with Crippen LogP contribution in [0.3, 0.4) is 0 Å². The lowest BCUT2D eigenvalue weighted by Gasteiger charge is -2.08. The summed E-state index contributed by atoms with van der Waals surface area (Å²) in [6.07, 6.45) is -0.0207. The van der Waals surface area contributed by atoms with E-state index in [2.05, 4.69) is 0 Å². The molecule has 19 heavy (non-hydrogen) atoms. The molecule has 2 rings (SSSR count). The van der Waals surface area contributed by atoms with E-state index in [-0.39, 0.29) is 6.42 Å². The summed E-state index contributed by atoms with van der Waals surface area (Å²) in [6, 6.07) is 12.6. The highest BCUT2D eigenvalue weighted by molar-refractivity contribution is 7.99. The van der Waals surface area contributed by atoms with Crippen LogP contribution in [-0.4, -0.2) is 11.1 Å². The maximum Gasteiger partial charge on any atom is 0.307 e. The summed E-state index contributed by atoms with van der Waals surface area (Å²) in [7, 11) is 0. The average molecular weight is 313 g/mol. The predicted octanol–water partition coefficient (Wildman–Crippen LogP) is 4.77. The van der Waals surface area contributed by atoms with Gasteiger partial charge >= 0.3 is 5.97 Å². The van der Waals surface area contributed by atoms with Gasteiger partial charge in [0.2, 0.25) is 0 Å². The first kappa shape index (κ1) is 14.3. The third-order valence-electron chi connectivity index (χ3n) is 2.41. The van der Waals surface area contributed by atoms with Gasteiger partial charge in [-0.3, -0.25) is 4.79 Å². The lowest BCUT2D eigenvalue weighted by Crippen LogP contribution is -2.01. The summed E-state index contributed by atoms with van der Waals surface area (Å²) in [5, 5.41) is 10.2. The summed E-state index contributed by atoms with van der Waals surface area (Å²) in [5.74, 6) is -0.861. The van der Waals surface area contributed by atoms with Crippen molar-refractivity contribution in [3.8, 4) is 0 Å². The van der Waals surface area contributed by atoms with E-state index in [4.69, 9.17) is 28.3 Å². The van der Waals surface area contributed by atoms with Crippen molar-refractivity contribution in [3.63, 3.8) is 0 Å². The van der Waals surface area contributed by atoms with Crippen molar-refractivity contribution in [2.45, 2.75) is 16.2 Å². The minimum Gasteiger partial charge on any atom is -0.481 e. The molecule has 1 N–H and O–H groups in total. The van der Waals surface area contributed by atoms with E-state index < -0.39 is 5.97 Å². The maximum atomic E-state index is 10.8. The number of rotatable bonds is 4. The zero-order valence-electron chi connectivity index (χ0n) is 9.77. The molecule has 0 saturated heterocycles. The van der Waals surface area contributed by atoms with Crippen LogP contribution in [0.25, 0.3) is 0 Å². The molecule has 0 amide bonds. The lowest BCUT2D eigenvalue weighted by molar-refractivity contribution is -0.136. The number of benzene rings is 2. The highest BCUT2D eigenvalue weighted by Crippen LogP contribution is 2.33. The Hall–Kier alpha value is -1.16. The van der Waals surface area contributed by atoms with Gasteiger partial charge in [0.15, 0.2) is 0 Å². The van der Waals surface area contributed by atoms with E-state index in [0.29, 0.717) is 10.0 Å². The van der Waals surface area contributed by atoms with Crippen LogP contribution in [0, 0.1) is 0 Å². The van der Waals surface area contributed by atoms with Gasteiger partial charge in [0.25, 0.3) is 0 Å². The smallest absolute Gasteiger partial charge is 0.307 e. The molecule has 2 aromatic carbocycles. The van der Waals surface area contributed by atoms with Crippen LogP contribution in [-0.2, 0) is 11.2 Å². The quantitative estimate of drug-likeness (QED) is 0.883. The molecule has 0 unspecified atom stereocenters. The first-order chi connectivity index (χ1) is 9.04. The van der Waals surface area contributed by atoms with Gasteiger partial charge in [0, 0.05) is 19.8 Å². The Morgan fingerprint density at radius 2 is 1.68 bits per heavy atom. The van der Waals surface area contributed by atoms with Crippen LogP contribution in [0.1, 0.15) is 5.56 Å². The molecule has 0 aromatic heterocycles. The van der Waals surface area contributed by atoms with Crippen molar-refractivity contribution in [1.82, 2.24) is 0 Å². The third kappa shape index (κ3) is 4.16. The van der Waals surface area contributed by atoms with E-state index in [9.17, 15) is 4.79 Å². The molecule has 0 heterocycles. The standard InChI is InChI=1S/C14H10Cl2O2S/c15-10-3-5-12(6-4-10)19-13-8-11(16)2-1-9(13)7-14(17)18/h1-6,8H,7H2,(H,17,18). The van der Waals surface area contributed by atoms with E-state index in [1.807, 2.05) is 12.1 Å². The number of aliphatic carboxylic acids is 1. The average Bonchev–Trinajstić information content (AvgIpc) is 2.35. The molecule has 0 saturated carbocycles. The molecular weight excluding hydrogens is 303 g/mol. The largest absolute Gasteiger partial charge is 0.481 e. The molecule has 98 valence electrons. The Kier molecular flexibility index (Phi) is 4.75. The molecule has 2 aromatic rings. The number of carbonyl (C=O) groups is 1. The Bertz CT molecular complexity index is 597. The van der Waals surface area contributed by atoms with Gasteiger partial charge in [-0.25, -0.2) is 0 Å². The predicted molar refractivity (Wildman–Crippen MR) is 78.4 cm³/mol. The van der Waals surface area contributed by atoms with E-state index >= 15 is 0 Å². The van der Waals surface area contributed by atoms with Crippen molar-refractivity contribution in [3.05, 3.63) is 58.1 Å². The minimum absolute atomic E-state index is 0.0207. The monoisotopic (exact) mass is 312 g/mol. The number of halogens is 2. The van der Waals surface area contributed by atoms with Crippen molar-refractivity contribution in [1.29, 1.82) is 0 Å². The van der Waals surface area contributed by atoms with Crippen LogP contribution < -0.4 is 0 Å². The zero-order chi connectivity index (χ0) is 13.8. The van der Waals surface area contributed by atoms with Gasteiger partial charge in [-0.05, 0) is 42.0 Å². The first-order valence-corrected chi connectivity index (χ1v) is 7.05. The molecule has 5 heteroatoms. The topological polar surface area (TPSA) is 37.3 Å². The van der Waals surface area contributed by atoms with Crippen LogP contribution in [0.15, 0.2) is 52.3 Å². The van der Waals surface area contributed by atoms with Crippen LogP contribution >= 0.6 is 35.0 Å². The van der Waals surface area contributed by atoms with Crippen molar-refractivity contribution < 1.29 is 9.90 Å². The summed E-state index contributed by atoms with van der Waals surface area (Å²) >= 11 is 13.3. The second-order valence-electron chi connectivity index (χ2n) is 3.88. The molecule has 0 atom stereocenters. The summed E-state index contributed by atoms with van der Waals surface area (Å²) in [4.78, 5) is 12.7.